The van der Waals surface area contributed by atoms with Gasteiger partial charge in [0.05, 0.1) is 5.69 Å². The van der Waals surface area contributed by atoms with Gasteiger partial charge in [-0.25, -0.2) is 9.37 Å². The third kappa shape index (κ3) is 3.13. The second-order valence-corrected chi connectivity index (χ2v) is 6.24. The number of rotatable bonds is 5. The molecular formula is C14H16FN3O2S. The molecule has 112 valence electrons. The Morgan fingerprint density at radius 2 is 1.90 bits per heavy atom. The fourth-order valence-electron chi connectivity index (χ4n) is 1.90. The number of nitrogen functional groups attached to an aromatic ring is 1. The molecule has 0 radical (unpaired) electrons. The smallest absolute Gasteiger partial charge is 0.284 e. The number of nitrogens with zero attached hydrogens (tertiary/aromatic N) is 2. The van der Waals surface area contributed by atoms with Crippen LogP contribution in [-0.4, -0.2) is 19.9 Å². The zero-order valence-electron chi connectivity index (χ0n) is 11.5. The van der Waals surface area contributed by atoms with Crippen LogP contribution >= 0.6 is 0 Å². The van der Waals surface area contributed by atoms with E-state index in [2.05, 4.69) is 4.98 Å². The second-order valence-electron chi connectivity index (χ2n) is 4.46. The van der Waals surface area contributed by atoms with Crippen LogP contribution in [0.1, 0.15) is 13.3 Å². The number of pyridine rings is 1. The molecule has 0 unspecified atom stereocenters. The van der Waals surface area contributed by atoms with Gasteiger partial charge in [-0.2, -0.15) is 8.42 Å². The average Bonchev–Trinajstić information content (AvgIpc) is 2.46. The Labute approximate surface area is 123 Å². The van der Waals surface area contributed by atoms with Crippen LogP contribution in [0, 0.1) is 5.82 Å². The summed E-state index contributed by atoms with van der Waals surface area (Å²) in [4.78, 5) is 3.67. The summed E-state index contributed by atoms with van der Waals surface area (Å²) in [5.41, 5.74) is 6.56. The fourth-order valence-corrected chi connectivity index (χ4v) is 3.44. The maximum Gasteiger partial charge on any atom is 0.284 e. The SMILES string of the molecule is CCCN(c1ccc(N)cc1)S(=O)(=O)c1ncccc1F. The Morgan fingerprint density at radius 3 is 2.48 bits per heavy atom. The molecule has 2 rings (SSSR count). The van der Waals surface area contributed by atoms with Crippen molar-refractivity contribution >= 4 is 21.4 Å². The minimum absolute atomic E-state index is 0.224. The van der Waals surface area contributed by atoms with Crippen molar-refractivity contribution in [1.82, 2.24) is 4.98 Å². The molecule has 1 heterocycles. The van der Waals surface area contributed by atoms with Gasteiger partial charge in [-0.15, -0.1) is 0 Å². The lowest BCUT2D eigenvalue weighted by Crippen LogP contribution is -2.33. The van der Waals surface area contributed by atoms with Crippen molar-refractivity contribution in [2.45, 2.75) is 18.4 Å². The van der Waals surface area contributed by atoms with Gasteiger partial charge >= 0.3 is 0 Å². The lowest BCUT2D eigenvalue weighted by atomic mass is 10.3. The van der Waals surface area contributed by atoms with Crippen molar-refractivity contribution < 1.29 is 12.8 Å². The highest BCUT2D eigenvalue weighted by molar-refractivity contribution is 7.92. The average molecular weight is 309 g/mol. The monoisotopic (exact) mass is 309 g/mol. The first-order valence-electron chi connectivity index (χ1n) is 6.45. The van der Waals surface area contributed by atoms with Gasteiger partial charge in [0.25, 0.3) is 10.0 Å². The van der Waals surface area contributed by atoms with E-state index in [9.17, 15) is 12.8 Å². The summed E-state index contributed by atoms with van der Waals surface area (Å²) in [6, 6.07) is 8.80. The second kappa shape index (κ2) is 6.09. The van der Waals surface area contributed by atoms with Gasteiger partial charge in [0, 0.05) is 18.4 Å². The Bertz CT molecular complexity index is 717. The van der Waals surface area contributed by atoms with Crippen molar-refractivity contribution in [3.05, 3.63) is 48.4 Å². The van der Waals surface area contributed by atoms with Gasteiger partial charge in [-0.05, 0) is 42.8 Å². The quantitative estimate of drug-likeness (QED) is 0.861. The van der Waals surface area contributed by atoms with E-state index >= 15 is 0 Å². The maximum atomic E-state index is 13.8. The number of sulfonamides is 1. The predicted octanol–water partition coefficient (Wildman–Crippen LogP) is 2.41. The molecule has 0 spiro atoms. The molecule has 5 nitrogen and oxygen atoms in total. The molecule has 0 aliphatic heterocycles. The van der Waals surface area contributed by atoms with Crippen LogP contribution in [0.15, 0.2) is 47.6 Å². The Kier molecular flexibility index (Phi) is 4.42. The molecule has 21 heavy (non-hydrogen) atoms. The summed E-state index contributed by atoms with van der Waals surface area (Å²) in [5, 5.41) is -0.574. The van der Waals surface area contributed by atoms with Gasteiger partial charge in [0.2, 0.25) is 5.03 Å². The lowest BCUT2D eigenvalue weighted by Gasteiger charge is -2.23. The topological polar surface area (TPSA) is 76.3 Å². The van der Waals surface area contributed by atoms with E-state index in [0.29, 0.717) is 17.8 Å². The summed E-state index contributed by atoms with van der Waals surface area (Å²) in [6.07, 6.45) is 1.83. The Hall–Kier alpha value is -2.15. The first kappa shape index (κ1) is 15.2. The van der Waals surface area contributed by atoms with Gasteiger partial charge in [-0.3, -0.25) is 4.31 Å². The molecule has 0 aliphatic carbocycles. The predicted molar refractivity (Wildman–Crippen MR) is 79.9 cm³/mol. The van der Waals surface area contributed by atoms with Crippen LogP contribution in [0.25, 0.3) is 0 Å². The third-order valence-corrected chi connectivity index (χ3v) is 4.63. The van der Waals surface area contributed by atoms with Crippen LogP contribution in [0.3, 0.4) is 0 Å². The lowest BCUT2D eigenvalue weighted by molar-refractivity contribution is 0.550. The van der Waals surface area contributed by atoms with Gasteiger partial charge in [0.1, 0.15) is 0 Å². The molecular weight excluding hydrogens is 293 g/mol. The van der Waals surface area contributed by atoms with Crippen molar-refractivity contribution in [3.8, 4) is 0 Å². The van der Waals surface area contributed by atoms with E-state index in [1.165, 1.54) is 12.3 Å². The first-order chi connectivity index (χ1) is 9.96. The molecule has 0 saturated carbocycles. The fraction of sp³-hybridized carbons (Fsp3) is 0.214. The third-order valence-electron chi connectivity index (χ3n) is 2.87. The van der Waals surface area contributed by atoms with E-state index in [0.717, 1.165) is 10.4 Å². The summed E-state index contributed by atoms with van der Waals surface area (Å²) in [7, 11) is -4.05. The minimum atomic E-state index is -4.05. The van der Waals surface area contributed by atoms with Crippen LogP contribution in [0.4, 0.5) is 15.8 Å². The summed E-state index contributed by atoms with van der Waals surface area (Å²) >= 11 is 0. The zero-order valence-corrected chi connectivity index (χ0v) is 12.3. The number of hydrogen-bond donors (Lipinski definition) is 1. The molecule has 0 bridgehead atoms. The van der Waals surface area contributed by atoms with Gasteiger partial charge < -0.3 is 5.73 Å². The number of nitrogens with two attached hydrogens (primary N) is 1. The maximum absolute atomic E-state index is 13.8. The van der Waals surface area contributed by atoms with E-state index in [-0.39, 0.29) is 6.54 Å². The molecule has 2 N–H and O–H groups in total. The molecule has 0 atom stereocenters. The molecule has 1 aromatic carbocycles. The molecule has 7 heteroatoms. The van der Waals surface area contributed by atoms with Gasteiger partial charge in [-0.1, -0.05) is 6.92 Å². The van der Waals surface area contributed by atoms with Crippen LogP contribution in [-0.2, 0) is 10.0 Å². The number of benzene rings is 1. The Balaban J connectivity index is 2.51. The van der Waals surface area contributed by atoms with Crippen molar-refractivity contribution in [2.24, 2.45) is 0 Å². The molecule has 0 amide bonds. The number of aromatic nitrogens is 1. The van der Waals surface area contributed by atoms with Crippen molar-refractivity contribution in [1.29, 1.82) is 0 Å². The highest BCUT2D eigenvalue weighted by atomic mass is 32.2. The van der Waals surface area contributed by atoms with E-state index < -0.39 is 20.9 Å². The van der Waals surface area contributed by atoms with Crippen molar-refractivity contribution in [2.75, 3.05) is 16.6 Å². The van der Waals surface area contributed by atoms with Gasteiger partial charge in [0.15, 0.2) is 5.82 Å². The molecule has 2 aromatic rings. The highest BCUT2D eigenvalue weighted by Gasteiger charge is 2.28. The Morgan fingerprint density at radius 1 is 1.24 bits per heavy atom. The number of halogens is 1. The zero-order chi connectivity index (χ0) is 15.5. The number of anilines is 2. The summed E-state index contributed by atoms with van der Waals surface area (Å²) < 4.78 is 40.2. The summed E-state index contributed by atoms with van der Waals surface area (Å²) in [6.45, 7) is 2.07. The van der Waals surface area contributed by atoms with E-state index in [4.69, 9.17) is 5.73 Å². The van der Waals surface area contributed by atoms with E-state index in [1.807, 2.05) is 6.92 Å². The van der Waals surface area contributed by atoms with Crippen LogP contribution in [0.5, 0.6) is 0 Å². The van der Waals surface area contributed by atoms with Crippen LogP contribution in [0.2, 0.25) is 0 Å². The minimum Gasteiger partial charge on any atom is -0.399 e. The molecule has 1 aromatic heterocycles. The first-order valence-corrected chi connectivity index (χ1v) is 7.89. The standard InChI is InChI=1S/C14H16FN3O2S/c1-2-10-18(12-7-5-11(16)6-8-12)21(19,20)14-13(15)4-3-9-17-14/h3-9H,2,10,16H2,1H3. The number of hydrogen-bond acceptors (Lipinski definition) is 4. The van der Waals surface area contributed by atoms with Crippen LogP contribution < -0.4 is 10.0 Å². The molecule has 0 fully saturated rings. The highest BCUT2D eigenvalue weighted by Crippen LogP contribution is 2.25. The molecule has 0 aliphatic rings. The van der Waals surface area contributed by atoms with E-state index in [1.54, 1.807) is 24.3 Å². The summed E-state index contributed by atoms with van der Waals surface area (Å²) in [5.74, 6) is -0.867. The largest absolute Gasteiger partial charge is 0.399 e. The molecule has 0 saturated heterocycles. The van der Waals surface area contributed by atoms with Crippen molar-refractivity contribution in [3.63, 3.8) is 0 Å². The normalized spacial score (nSPS) is 11.3.